The van der Waals surface area contributed by atoms with E-state index in [9.17, 15) is 18.9 Å². The third-order valence-corrected chi connectivity index (χ3v) is 1.26. The minimum Gasteiger partial charge on any atom is -0.478 e. The van der Waals surface area contributed by atoms with Gasteiger partial charge in [0, 0.05) is 24.0 Å². The normalized spacial score (nSPS) is 9.16. The average Bonchev–Trinajstić information content (AvgIpc) is 2.27. The Morgan fingerprint density at radius 1 is 0.842 bits per heavy atom. The molecular formula is C9H13O9P. The van der Waals surface area contributed by atoms with Crippen molar-refractivity contribution in [3.05, 3.63) is 37.2 Å². The number of hydrogen-bond donors (Lipinski definition) is 5. The number of aliphatic carboxylic acids is 3. The highest BCUT2D eigenvalue weighted by Crippen LogP contribution is 2.34. The molecule has 108 valence electrons. The second-order valence-electron chi connectivity index (χ2n) is 2.32. The van der Waals surface area contributed by atoms with Crippen molar-refractivity contribution in [2.45, 2.75) is 0 Å². The van der Waals surface area contributed by atoms with E-state index in [0.717, 1.165) is 6.08 Å². The third kappa shape index (κ3) is 49.5. The summed E-state index contributed by atoms with van der Waals surface area (Å²) in [4.78, 5) is 44.0. The standard InChI is InChI=1S/C4H4O4.C3H4O2.C2H5O3P/c5-3(6)1-2-4(7)8;1-2-3(4)5;1-2-6(3,4)5/h1-2H,(H,5,6)(H,7,8);2H,1H2,(H,4,5);2H,1H2,(H2,3,4,5)/b2-1-;;. The van der Waals surface area contributed by atoms with Crippen LogP contribution in [-0.2, 0) is 18.9 Å². The van der Waals surface area contributed by atoms with Gasteiger partial charge in [0.05, 0.1) is 0 Å². The molecular weight excluding hydrogens is 283 g/mol. The van der Waals surface area contributed by atoms with Crippen molar-refractivity contribution in [1.29, 1.82) is 0 Å². The van der Waals surface area contributed by atoms with Crippen LogP contribution >= 0.6 is 7.60 Å². The van der Waals surface area contributed by atoms with Gasteiger partial charge in [0.2, 0.25) is 0 Å². The second kappa shape index (κ2) is 12.2. The molecule has 0 spiro atoms. The van der Waals surface area contributed by atoms with Crippen LogP contribution < -0.4 is 0 Å². The van der Waals surface area contributed by atoms with Crippen molar-refractivity contribution in [3.8, 4) is 0 Å². The lowest BCUT2D eigenvalue weighted by Crippen LogP contribution is -1.91. The van der Waals surface area contributed by atoms with Gasteiger partial charge < -0.3 is 25.1 Å². The molecule has 0 aliphatic rings. The maximum absolute atomic E-state index is 9.58. The zero-order chi connectivity index (χ0) is 16.1. The summed E-state index contributed by atoms with van der Waals surface area (Å²) in [6, 6.07) is 0. The first-order valence-electron chi connectivity index (χ1n) is 4.14. The first kappa shape index (κ1) is 22.0. The van der Waals surface area contributed by atoms with Crippen LogP contribution in [0.1, 0.15) is 0 Å². The van der Waals surface area contributed by atoms with Gasteiger partial charge in [-0.15, -0.1) is 0 Å². The van der Waals surface area contributed by atoms with E-state index in [4.69, 9.17) is 25.1 Å². The van der Waals surface area contributed by atoms with Gasteiger partial charge in [0.15, 0.2) is 0 Å². The number of carboxylic acids is 3. The zero-order valence-electron chi connectivity index (χ0n) is 9.54. The lowest BCUT2D eigenvalue weighted by Gasteiger charge is -1.87. The Morgan fingerprint density at radius 3 is 1.11 bits per heavy atom. The average molecular weight is 296 g/mol. The summed E-state index contributed by atoms with van der Waals surface area (Å²) in [5.41, 5.74) is 0. The first-order chi connectivity index (χ1) is 8.46. The minimum atomic E-state index is -3.88. The van der Waals surface area contributed by atoms with Crippen LogP contribution in [0.4, 0.5) is 0 Å². The van der Waals surface area contributed by atoms with Gasteiger partial charge in [-0.3, -0.25) is 4.57 Å². The minimum absolute atomic E-state index is 0.558. The van der Waals surface area contributed by atoms with Crippen molar-refractivity contribution in [1.82, 2.24) is 0 Å². The maximum Gasteiger partial charge on any atom is 0.348 e. The van der Waals surface area contributed by atoms with E-state index in [1.807, 2.05) is 0 Å². The highest BCUT2D eigenvalue weighted by molar-refractivity contribution is 7.55. The predicted molar refractivity (Wildman–Crippen MR) is 64.5 cm³/mol. The Morgan fingerprint density at radius 2 is 1.05 bits per heavy atom. The summed E-state index contributed by atoms with van der Waals surface area (Å²) in [6.45, 7) is 5.83. The Kier molecular flexibility index (Phi) is 14.2. The fraction of sp³-hybridized carbons (Fsp3) is 0. The number of hydrogen-bond acceptors (Lipinski definition) is 4. The van der Waals surface area contributed by atoms with E-state index >= 15 is 0 Å². The topological polar surface area (TPSA) is 169 Å². The van der Waals surface area contributed by atoms with Crippen LogP contribution in [0, 0.1) is 0 Å². The number of carbonyl (C=O) groups is 3. The fourth-order valence-electron chi connectivity index (χ4n) is 0.143. The summed E-state index contributed by atoms with van der Waals surface area (Å²) >= 11 is 0. The number of rotatable bonds is 4. The van der Waals surface area contributed by atoms with Crippen LogP contribution in [0.5, 0.6) is 0 Å². The Labute approximate surface area is 108 Å². The monoisotopic (exact) mass is 296 g/mol. The van der Waals surface area contributed by atoms with E-state index in [0.29, 0.717) is 18.0 Å². The Hall–Kier alpha value is -2.22. The Balaban J connectivity index is -0.000000209. The highest BCUT2D eigenvalue weighted by atomic mass is 31.2. The molecule has 0 aromatic carbocycles. The zero-order valence-corrected chi connectivity index (χ0v) is 10.4. The molecule has 10 heteroatoms. The van der Waals surface area contributed by atoms with E-state index in [-0.39, 0.29) is 0 Å². The smallest absolute Gasteiger partial charge is 0.348 e. The van der Waals surface area contributed by atoms with Gasteiger partial charge in [0.1, 0.15) is 0 Å². The molecule has 0 amide bonds. The summed E-state index contributed by atoms with van der Waals surface area (Å²) < 4.78 is 9.58. The molecule has 0 saturated carbocycles. The van der Waals surface area contributed by atoms with Crippen LogP contribution in [0.2, 0.25) is 0 Å². The largest absolute Gasteiger partial charge is 0.478 e. The molecule has 0 atom stereocenters. The summed E-state index contributed by atoms with van der Waals surface area (Å²) in [5, 5.41) is 23.2. The van der Waals surface area contributed by atoms with Crippen molar-refractivity contribution in [2.75, 3.05) is 0 Å². The molecule has 0 saturated heterocycles. The first-order valence-corrected chi connectivity index (χ1v) is 5.82. The van der Waals surface area contributed by atoms with Gasteiger partial charge in [-0.1, -0.05) is 13.2 Å². The van der Waals surface area contributed by atoms with Crippen LogP contribution in [0.25, 0.3) is 0 Å². The Bertz CT molecular complexity index is 388. The molecule has 0 unspecified atom stereocenters. The molecule has 0 rings (SSSR count). The van der Waals surface area contributed by atoms with Crippen molar-refractivity contribution in [3.63, 3.8) is 0 Å². The molecule has 0 heterocycles. The van der Waals surface area contributed by atoms with Crippen LogP contribution in [0.15, 0.2) is 37.2 Å². The molecule has 9 nitrogen and oxygen atoms in total. The molecule has 19 heavy (non-hydrogen) atoms. The molecule has 0 fully saturated rings. The lowest BCUT2D eigenvalue weighted by molar-refractivity contribution is -0.134. The summed E-state index contributed by atoms with van der Waals surface area (Å²) in [7, 11) is -3.88. The van der Waals surface area contributed by atoms with Gasteiger partial charge in [-0.2, -0.15) is 0 Å². The SMILES string of the molecule is C=CC(=O)O.C=CP(=O)(O)O.O=C(O)/C=C\C(=O)O. The van der Waals surface area contributed by atoms with E-state index < -0.39 is 25.5 Å². The van der Waals surface area contributed by atoms with Gasteiger partial charge in [-0.25, -0.2) is 14.4 Å². The van der Waals surface area contributed by atoms with Gasteiger partial charge in [0.25, 0.3) is 0 Å². The molecule has 5 N–H and O–H groups in total. The van der Waals surface area contributed by atoms with Gasteiger partial charge >= 0.3 is 25.5 Å². The quantitative estimate of drug-likeness (QED) is 0.361. The van der Waals surface area contributed by atoms with E-state index in [2.05, 4.69) is 13.2 Å². The summed E-state index contributed by atoms with van der Waals surface area (Å²) in [6.07, 6.45) is 1.95. The number of carboxylic acid groups (broad SMARTS) is 3. The fourth-order valence-corrected chi connectivity index (χ4v) is 0.143. The molecule has 0 bridgehead atoms. The molecule has 0 aromatic rings. The lowest BCUT2D eigenvalue weighted by atomic mass is 10.5. The predicted octanol–water partition coefficient (Wildman–Crippen LogP) is 0.276. The van der Waals surface area contributed by atoms with Crippen LogP contribution in [-0.4, -0.2) is 43.0 Å². The molecule has 0 aromatic heterocycles. The van der Waals surface area contributed by atoms with Crippen molar-refractivity contribution >= 4 is 25.5 Å². The van der Waals surface area contributed by atoms with Crippen molar-refractivity contribution in [2.24, 2.45) is 0 Å². The van der Waals surface area contributed by atoms with Gasteiger partial charge in [-0.05, 0) is 0 Å². The second-order valence-corrected chi connectivity index (χ2v) is 3.87. The molecule has 0 aliphatic carbocycles. The summed E-state index contributed by atoms with van der Waals surface area (Å²) in [5.74, 6) is -2.89. The van der Waals surface area contributed by atoms with Crippen LogP contribution in [0.3, 0.4) is 0 Å². The maximum atomic E-state index is 9.58. The molecule has 0 radical (unpaired) electrons. The third-order valence-electron chi connectivity index (χ3n) is 0.781. The highest BCUT2D eigenvalue weighted by Gasteiger charge is 2.01. The van der Waals surface area contributed by atoms with E-state index in [1.54, 1.807) is 0 Å². The van der Waals surface area contributed by atoms with Crippen molar-refractivity contribution < 1.29 is 44.1 Å². The molecule has 0 aliphatic heterocycles. The van der Waals surface area contributed by atoms with E-state index in [1.165, 1.54) is 0 Å².